The maximum atomic E-state index is 12.4. The Hall–Kier alpha value is -2.28. The molecule has 3 aromatic rings. The second kappa shape index (κ2) is 7.74. The van der Waals surface area contributed by atoms with Crippen molar-refractivity contribution in [3.63, 3.8) is 0 Å². The molecule has 7 heteroatoms. The van der Waals surface area contributed by atoms with Gasteiger partial charge in [0, 0.05) is 12.6 Å². The van der Waals surface area contributed by atoms with Crippen LogP contribution in [0.5, 0.6) is 0 Å². The molecule has 0 aliphatic carbocycles. The number of rotatable bonds is 7. The van der Waals surface area contributed by atoms with E-state index in [4.69, 9.17) is 0 Å². The van der Waals surface area contributed by atoms with Gasteiger partial charge in [0.25, 0.3) is 0 Å². The Morgan fingerprint density at radius 1 is 1.28 bits per heavy atom. The van der Waals surface area contributed by atoms with Crippen molar-refractivity contribution in [2.24, 2.45) is 0 Å². The van der Waals surface area contributed by atoms with Crippen LogP contribution in [0.15, 0.2) is 41.7 Å². The lowest BCUT2D eigenvalue weighted by atomic mass is 10.3. The molecule has 1 atom stereocenters. The predicted molar refractivity (Wildman–Crippen MR) is 102 cm³/mol. The highest BCUT2D eigenvalue weighted by molar-refractivity contribution is 7.99. The number of hydrogen-bond acceptors (Lipinski definition) is 4. The maximum absolute atomic E-state index is 12.4. The molecule has 1 N–H and O–H groups in total. The molecule has 0 aliphatic rings. The van der Waals surface area contributed by atoms with Crippen LogP contribution in [0, 0.1) is 0 Å². The highest BCUT2D eigenvalue weighted by Crippen LogP contribution is 2.24. The summed E-state index contributed by atoms with van der Waals surface area (Å²) in [5, 5.41) is 8.11. The number of amides is 1. The molecule has 1 unspecified atom stereocenters. The lowest BCUT2D eigenvalue weighted by Gasteiger charge is -2.14. The quantitative estimate of drug-likeness (QED) is 0.650. The van der Waals surface area contributed by atoms with Gasteiger partial charge in [0.15, 0.2) is 5.16 Å². The average Bonchev–Trinajstić information content (AvgIpc) is 3.22. The van der Waals surface area contributed by atoms with Crippen LogP contribution in [-0.4, -0.2) is 31.0 Å². The predicted octanol–water partition coefficient (Wildman–Crippen LogP) is 3.95. The molecule has 0 bridgehead atoms. The van der Waals surface area contributed by atoms with Crippen LogP contribution in [0.25, 0.3) is 11.0 Å². The molecule has 0 spiro atoms. The van der Waals surface area contributed by atoms with Crippen molar-refractivity contribution in [1.82, 2.24) is 19.3 Å². The molecular formula is C18H23N5OS. The molecule has 132 valence electrons. The molecule has 0 radical (unpaired) electrons. The van der Waals surface area contributed by atoms with Gasteiger partial charge < -0.3 is 9.88 Å². The molecule has 6 nitrogen and oxygen atoms in total. The minimum absolute atomic E-state index is 0.0511. The van der Waals surface area contributed by atoms with Crippen molar-refractivity contribution in [3.05, 3.63) is 36.5 Å². The van der Waals surface area contributed by atoms with Crippen molar-refractivity contribution in [3.8, 4) is 0 Å². The zero-order valence-corrected chi connectivity index (χ0v) is 15.6. The number of carbonyl (C=O) groups is 1. The van der Waals surface area contributed by atoms with Crippen molar-refractivity contribution >= 4 is 34.5 Å². The monoisotopic (exact) mass is 357 g/mol. The number of aryl methyl sites for hydroxylation is 1. The van der Waals surface area contributed by atoms with Crippen LogP contribution < -0.4 is 5.32 Å². The van der Waals surface area contributed by atoms with Crippen molar-refractivity contribution in [2.75, 3.05) is 11.1 Å². The second-order valence-corrected chi connectivity index (χ2v) is 6.82. The molecular weight excluding hydrogens is 334 g/mol. The summed E-state index contributed by atoms with van der Waals surface area (Å²) in [6.07, 6.45) is 2.67. The van der Waals surface area contributed by atoms with Gasteiger partial charge in [0.1, 0.15) is 5.82 Å². The number of hydrogen-bond donors (Lipinski definition) is 1. The number of nitrogens with one attached hydrogen (secondary N) is 1. The Bertz CT molecular complexity index is 869. The number of fused-ring (bicyclic) bond motifs is 1. The van der Waals surface area contributed by atoms with E-state index in [-0.39, 0.29) is 11.9 Å². The largest absolute Gasteiger partial charge is 0.319 e. The third kappa shape index (κ3) is 3.71. The lowest BCUT2D eigenvalue weighted by molar-refractivity contribution is -0.113. The smallest absolute Gasteiger partial charge is 0.235 e. The number of carbonyl (C=O) groups excluding carboxylic acids is 1. The van der Waals surface area contributed by atoms with Crippen LogP contribution in [0.1, 0.15) is 33.2 Å². The maximum Gasteiger partial charge on any atom is 0.235 e. The summed E-state index contributed by atoms with van der Waals surface area (Å²) in [6, 6.07) is 10.1. The topological polar surface area (TPSA) is 64.7 Å². The zero-order valence-electron chi connectivity index (χ0n) is 14.8. The Balaban J connectivity index is 1.68. The van der Waals surface area contributed by atoms with E-state index in [1.807, 2.05) is 28.9 Å². The second-order valence-electron chi connectivity index (χ2n) is 5.88. The van der Waals surface area contributed by atoms with E-state index in [1.165, 1.54) is 11.8 Å². The number of thioether (sulfide) groups is 1. The van der Waals surface area contributed by atoms with Crippen LogP contribution in [0.2, 0.25) is 0 Å². The number of benzene rings is 1. The lowest BCUT2D eigenvalue weighted by Crippen LogP contribution is -2.19. The molecule has 1 amide bonds. The first-order chi connectivity index (χ1) is 12.1. The molecule has 25 heavy (non-hydrogen) atoms. The highest BCUT2D eigenvalue weighted by atomic mass is 32.2. The first-order valence-corrected chi connectivity index (χ1v) is 9.54. The van der Waals surface area contributed by atoms with Gasteiger partial charge in [-0.05, 0) is 32.4 Å². The Labute approximate surface area is 151 Å². The summed E-state index contributed by atoms with van der Waals surface area (Å²) in [5.41, 5.74) is 2.06. The third-order valence-electron chi connectivity index (χ3n) is 4.21. The van der Waals surface area contributed by atoms with E-state index < -0.39 is 0 Å². The van der Waals surface area contributed by atoms with Crippen LogP contribution >= 0.6 is 11.8 Å². The molecule has 1 aromatic carbocycles. The van der Waals surface area contributed by atoms with Gasteiger partial charge in [-0.25, -0.2) is 9.67 Å². The van der Waals surface area contributed by atoms with Gasteiger partial charge >= 0.3 is 0 Å². The Kier molecular flexibility index (Phi) is 5.43. The van der Waals surface area contributed by atoms with Crippen LogP contribution in [0.3, 0.4) is 0 Å². The van der Waals surface area contributed by atoms with Crippen LogP contribution in [-0.2, 0) is 11.3 Å². The zero-order chi connectivity index (χ0) is 17.8. The fourth-order valence-corrected chi connectivity index (χ4v) is 3.59. The van der Waals surface area contributed by atoms with E-state index in [0.717, 1.165) is 35.0 Å². The number of aromatic nitrogens is 4. The standard InChI is InChI=1S/C18H23N5OS/c1-4-13(3)23-16(10-11-19-23)21-17(24)12-25-18-20-14-8-6-7-9-15(14)22(18)5-2/h6-11,13H,4-5,12H2,1-3H3,(H,21,24). The summed E-state index contributed by atoms with van der Waals surface area (Å²) in [7, 11) is 0. The molecule has 0 aliphatic heterocycles. The fourth-order valence-electron chi connectivity index (χ4n) is 2.72. The van der Waals surface area contributed by atoms with E-state index in [1.54, 1.807) is 6.20 Å². The Morgan fingerprint density at radius 3 is 2.84 bits per heavy atom. The highest BCUT2D eigenvalue weighted by Gasteiger charge is 2.14. The molecule has 3 rings (SSSR count). The SMILES string of the molecule is CCC(C)n1nccc1NC(=O)CSc1nc2ccccc2n1CC. The third-order valence-corrected chi connectivity index (χ3v) is 5.19. The molecule has 2 heterocycles. The number of imidazole rings is 1. The van der Waals surface area contributed by atoms with Crippen molar-refractivity contribution < 1.29 is 4.79 Å². The summed E-state index contributed by atoms with van der Waals surface area (Å²) in [5.74, 6) is 1.00. The summed E-state index contributed by atoms with van der Waals surface area (Å²) in [4.78, 5) is 17.0. The van der Waals surface area contributed by atoms with Gasteiger partial charge in [-0.2, -0.15) is 5.10 Å². The number of para-hydroxylation sites is 2. The van der Waals surface area contributed by atoms with Crippen molar-refractivity contribution in [2.45, 2.75) is 44.9 Å². The summed E-state index contributed by atoms with van der Waals surface area (Å²) in [6.45, 7) is 7.10. The minimum Gasteiger partial charge on any atom is -0.319 e. The molecule has 0 saturated carbocycles. The van der Waals surface area contributed by atoms with Gasteiger partial charge in [-0.15, -0.1) is 0 Å². The van der Waals surface area contributed by atoms with Gasteiger partial charge in [-0.1, -0.05) is 30.8 Å². The normalized spacial score (nSPS) is 12.4. The average molecular weight is 357 g/mol. The van der Waals surface area contributed by atoms with Gasteiger partial charge in [0.2, 0.25) is 5.91 Å². The van der Waals surface area contributed by atoms with E-state index in [0.29, 0.717) is 5.75 Å². The first kappa shape index (κ1) is 17.5. The summed E-state index contributed by atoms with van der Waals surface area (Å²) >= 11 is 1.46. The minimum atomic E-state index is -0.0511. The van der Waals surface area contributed by atoms with E-state index >= 15 is 0 Å². The Morgan fingerprint density at radius 2 is 2.08 bits per heavy atom. The van der Waals surface area contributed by atoms with E-state index in [2.05, 4.69) is 46.8 Å². The first-order valence-electron chi connectivity index (χ1n) is 8.55. The number of anilines is 1. The fraction of sp³-hybridized carbons (Fsp3) is 0.389. The van der Waals surface area contributed by atoms with E-state index in [9.17, 15) is 4.79 Å². The van der Waals surface area contributed by atoms with Crippen LogP contribution in [0.4, 0.5) is 5.82 Å². The number of nitrogens with zero attached hydrogens (tertiary/aromatic N) is 4. The van der Waals surface area contributed by atoms with Gasteiger partial charge in [-0.3, -0.25) is 4.79 Å². The molecule has 0 saturated heterocycles. The molecule has 2 aromatic heterocycles. The summed E-state index contributed by atoms with van der Waals surface area (Å²) < 4.78 is 3.99. The van der Waals surface area contributed by atoms with Gasteiger partial charge in [0.05, 0.1) is 29.0 Å². The van der Waals surface area contributed by atoms with Crippen molar-refractivity contribution in [1.29, 1.82) is 0 Å². The molecule has 0 fully saturated rings.